The Balaban J connectivity index is 1.62. The molecule has 0 saturated heterocycles. The lowest BCUT2D eigenvalue weighted by Crippen LogP contribution is -2.00. The van der Waals surface area contributed by atoms with Crippen LogP contribution in [0.2, 0.25) is 0 Å². The van der Waals surface area contributed by atoms with Gasteiger partial charge in [-0.25, -0.2) is 9.78 Å². The number of aromatic carboxylic acids is 1. The molecule has 2 aromatic carbocycles. The van der Waals surface area contributed by atoms with E-state index >= 15 is 0 Å². The van der Waals surface area contributed by atoms with Crippen LogP contribution >= 0.6 is 0 Å². The average molecular weight is 306 g/mol. The smallest absolute Gasteiger partial charge is 0.335 e. The van der Waals surface area contributed by atoms with Crippen molar-refractivity contribution >= 4 is 33.9 Å². The van der Waals surface area contributed by atoms with Crippen molar-refractivity contribution in [1.82, 2.24) is 15.0 Å². The topological polar surface area (TPSA) is 93.8 Å². The Kier molecular flexibility index (Phi) is 3.01. The number of imidazole rings is 1. The predicted octanol–water partition coefficient (Wildman–Crippen LogP) is 3.35. The van der Waals surface area contributed by atoms with Crippen molar-refractivity contribution < 1.29 is 9.90 Å². The lowest BCUT2D eigenvalue weighted by Gasteiger charge is -2.02. The molecule has 0 amide bonds. The highest BCUT2D eigenvalue weighted by atomic mass is 16.4. The zero-order chi connectivity index (χ0) is 15.8. The Morgan fingerprint density at radius 3 is 2.87 bits per heavy atom. The maximum Gasteiger partial charge on any atom is 0.335 e. The molecule has 0 atom stereocenters. The lowest BCUT2D eigenvalue weighted by molar-refractivity contribution is 0.0697. The molecule has 4 aromatic rings. The van der Waals surface area contributed by atoms with Crippen molar-refractivity contribution in [2.75, 3.05) is 5.32 Å². The van der Waals surface area contributed by atoms with Crippen LogP contribution < -0.4 is 5.32 Å². The van der Waals surface area contributed by atoms with E-state index in [4.69, 9.17) is 5.11 Å². The van der Waals surface area contributed by atoms with E-state index in [1.165, 1.54) is 0 Å². The van der Waals surface area contributed by atoms with E-state index in [2.05, 4.69) is 20.3 Å². The van der Waals surface area contributed by atoms with Gasteiger partial charge < -0.3 is 20.4 Å². The van der Waals surface area contributed by atoms with Gasteiger partial charge in [-0.2, -0.15) is 0 Å². The van der Waals surface area contributed by atoms with Gasteiger partial charge in [-0.1, -0.05) is 12.1 Å². The first-order valence-electron chi connectivity index (χ1n) is 7.22. The predicted molar refractivity (Wildman–Crippen MR) is 88.7 cm³/mol. The van der Waals surface area contributed by atoms with Crippen molar-refractivity contribution in [3.8, 4) is 0 Å². The van der Waals surface area contributed by atoms with Crippen LogP contribution in [0, 0.1) is 0 Å². The quantitative estimate of drug-likeness (QED) is 0.465. The molecule has 0 spiro atoms. The highest BCUT2D eigenvalue weighted by Crippen LogP contribution is 2.21. The number of carbonyl (C=O) groups is 1. The standard InChI is InChI=1S/C17H14N4O2/c22-16(23)10-5-6-13-12(7-10)11(8-18-13)9-19-17-20-14-3-1-2-4-15(14)21-17/h1-8,18H,9H2,(H,22,23)(H2,19,20,21). The zero-order valence-electron chi connectivity index (χ0n) is 12.1. The van der Waals surface area contributed by atoms with E-state index < -0.39 is 5.97 Å². The summed E-state index contributed by atoms with van der Waals surface area (Å²) in [5.74, 6) is -0.237. The highest BCUT2D eigenvalue weighted by Gasteiger charge is 2.09. The van der Waals surface area contributed by atoms with Gasteiger partial charge in [-0.05, 0) is 35.9 Å². The molecule has 4 N–H and O–H groups in total. The van der Waals surface area contributed by atoms with Crippen molar-refractivity contribution in [2.24, 2.45) is 0 Å². The minimum Gasteiger partial charge on any atom is -0.478 e. The monoisotopic (exact) mass is 306 g/mol. The van der Waals surface area contributed by atoms with Crippen LogP contribution in [0.1, 0.15) is 15.9 Å². The first-order chi connectivity index (χ1) is 11.2. The highest BCUT2D eigenvalue weighted by molar-refractivity contribution is 5.94. The SMILES string of the molecule is O=C(O)c1ccc2[nH]cc(CNc3nc4ccccc4[nH]3)c2c1. The number of nitrogens with one attached hydrogen (secondary N) is 3. The van der Waals surface area contributed by atoms with Gasteiger partial charge in [-0.3, -0.25) is 0 Å². The van der Waals surface area contributed by atoms with Crippen LogP contribution in [-0.2, 0) is 6.54 Å². The summed E-state index contributed by atoms with van der Waals surface area (Å²) in [6.45, 7) is 0.545. The summed E-state index contributed by atoms with van der Waals surface area (Å²) in [6, 6.07) is 12.9. The van der Waals surface area contributed by atoms with Gasteiger partial charge in [0.1, 0.15) is 0 Å². The number of aromatic nitrogens is 3. The summed E-state index contributed by atoms with van der Waals surface area (Å²) in [7, 11) is 0. The van der Waals surface area contributed by atoms with E-state index in [1.54, 1.807) is 18.2 Å². The number of para-hydroxylation sites is 2. The zero-order valence-corrected chi connectivity index (χ0v) is 12.1. The summed E-state index contributed by atoms with van der Waals surface area (Å²) in [6.07, 6.45) is 1.88. The number of hydrogen-bond donors (Lipinski definition) is 4. The van der Waals surface area contributed by atoms with Gasteiger partial charge in [0.2, 0.25) is 5.95 Å². The van der Waals surface area contributed by atoms with Crippen molar-refractivity contribution in [3.63, 3.8) is 0 Å². The second-order valence-electron chi connectivity index (χ2n) is 5.34. The Morgan fingerprint density at radius 2 is 2.04 bits per heavy atom. The number of anilines is 1. The van der Waals surface area contributed by atoms with Gasteiger partial charge in [0, 0.05) is 23.6 Å². The third-order valence-electron chi connectivity index (χ3n) is 3.85. The number of carboxylic acids is 1. The number of fused-ring (bicyclic) bond motifs is 2. The van der Waals surface area contributed by atoms with Crippen LogP contribution in [0.4, 0.5) is 5.95 Å². The maximum absolute atomic E-state index is 11.1. The Morgan fingerprint density at radius 1 is 1.17 bits per heavy atom. The number of aromatic amines is 2. The minimum atomic E-state index is -0.927. The van der Waals surface area contributed by atoms with Crippen molar-refractivity contribution in [1.29, 1.82) is 0 Å². The lowest BCUT2D eigenvalue weighted by atomic mass is 10.1. The first-order valence-corrected chi connectivity index (χ1v) is 7.22. The summed E-state index contributed by atoms with van der Waals surface area (Å²) in [4.78, 5) is 21.9. The van der Waals surface area contributed by atoms with E-state index in [0.29, 0.717) is 12.5 Å². The first kappa shape index (κ1) is 13.4. The minimum absolute atomic E-state index is 0.280. The molecule has 2 heterocycles. The fourth-order valence-electron chi connectivity index (χ4n) is 2.67. The molecule has 6 heteroatoms. The summed E-state index contributed by atoms with van der Waals surface area (Å²) in [5.41, 5.74) is 4.06. The normalized spacial score (nSPS) is 11.1. The van der Waals surface area contributed by atoms with Crippen molar-refractivity contribution in [2.45, 2.75) is 6.54 Å². The van der Waals surface area contributed by atoms with E-state index in [-0.39, 0.29) is 5.56 Å². The van der Waals surface area contributed by atoms with Crippen molar-refractivity contribution in [3.05, 3.63) is 59.8 Å². The Bertz CT molecular complexity index is 983. The fraction of sp³-hybridized carbons (Fsp3) is 0.0588. The van der Waals surface area contributed by atoms with Gasteiger partial charge in [-0.15, -0.1) is 0 Å². The Hall–Kier alpha value is -3.28. The van der Waals surface area contributed by atoms with Gasteiger partial charge >= 0.3 is 5.97 Å². The molecule has 0 bridgehead atoms. The number of nitrogens with zero attached hydrogens (tertiary/aromatic N) is 1. The van der Waals surface area contributed by atoms with Gasteiger partial charge in [0.25, 0.3) is 0 Å². The molecule has 4 rings (SSSR count). The Labute approximate surface area is 131 Å². The molecule has 0 saturated carbocycles. The second kappa shape index (κ2) is 5.17. The van der Waals surface area contributed by atoms with Crippen LogP contribution in [0.5, 0.6) is 0 Å². The van der Waals surface area contributed by atoms with Crippen LogP contribution in [-0.4, -0.2) is 26.0 Å². The van der Waals surface area contributed by atoms with Gasteiger partial charge in [0.05, 0.1) is 16.6 Å². The summed E-state index contributed by atoms with van der Waals surface area (Å²) >= 11 is 0. The molecule has 0 unspecified atom stereocenters. The van der Waals surface area contributed by atoms with Crippen LogP contribution in [0.15, 0.2) is 48.7 Å². The molecule has 0 aliphatic heterocycles. The molecular weight excluding hydrogens is 292 g/mol. The average Bonchev–Trinajstić information content (AvgIpc) is 3.15. The molecule has 2 aromatic heterocycles. The molecule has 114 valence electrons. The molecule has 6 nitrogen and oxygen atoms in total. The maximum atomic E-state index is 11.1. The molecule has 0 radical (unpaired) electrons. The summed E-state index contributed by atoms with van der Waals surface area (Å²) < 4.78 is 0. The molecule has 0 aliphatic carbocycles. The van der Waals surface area contributed by atoms with Gasteiger partial charge in [0.15, 0.2) is 0 Å². The molecule has 23 heavy (non-hydrogen) atoms. The molecule has 0 aliphatic rings. The molecule has 0 fully saturated rings. The number of hydrogen-bond acceptors (Lipinski definition) is 3. The van der Waals surface area contributed by atoms with E-state index in [1.807, 2.05) is 30.5 Å². The van der Waals surface area contributed by atoms with E-state index in [0.717, 1.165) is 27.5 Å². The van der Waals surface area contributed by atoms with Crippen LogP contribution in [0.25, 0.3) is 21.9 Å². The third-order valence-corrected chi connectivity index (χ3v) is 3.85. The number of carboxylic acid groups (broad SMARTS) is 1. The van der Waals surface area contributed by atoms with Crippen LogP contribution in [0.3, 0.4) is 0 Å². The fourth-order valence-corrected chi connectivity index (χ4v) is 2.67. The number of rotatable bonds is 4. The third kappa shape index (κ3) is 2.40. The summed E-state index contributed by atoms with van der Waals surface area (Å²) in [5, 5.41) is 13.3. The number of H-pyrrole nitrogens is 2. The second-order valence-corrected chi connectivity index (χ2v) is 5.34. The molecular formula is C17H14N4O2. The largest absolute Gasteiger partial charge is 0.478 e. The number of benzene rings is 2. The van der Waals surface area contributed by atoms with E-state index in [9.17, 15) is 4.79 Å².